The van der Waals surface area contributed by atoms with Gasteiger partial charge < -0.3 is 14.9 Å². The van der Waals surface area contributed by atoms with Gasteiger partial charge in [-0.1, -0.05) is 12.1 Å². The van der Waals surface area contributed by atoms with Gasteiger partial charge in [-0.25, -0.2) is 4.57 Å². The SMILES string of the molecule is COc1ccc(Cc2nc(-n3c(O)c4c(c3O)CCCC4)n[nH]2)cc1. The van der Waals surface area contributed by atoms with Crippen LogP contribution in [-0.2, 0) is 19.3 Å². The van der Waals surface area contributed by atoms with E-state index >= 15 is 0 Å². The van der Waals surface area contributed by atoms with Crippen molar-refractivity contribution in [1.29, 1.82) is 0 Å². The molecule has 3 aromatic rings. The van der Waals surface area contributed by atoms with E-state index in [1.807, 2.05) is 24.3 Å². The summed E-state index contributed by atoms with van der Waals surface area (Å²) < 4.78 is 6.48. The topological polar surface area (TPSA) is 96.2 Å². The van der Waals surface area contributed by atoms with Crippen molar-refractivity contribution < 1.29 is 14.9 Å². The fourth-order valence-corrected chi connectivity index (χ4v) is 3.36. The average Bonchev–Trinajstić information content (AvgIpc) is 3.19. The standard InChI is InChI=1S/C18H20N4O3/c1-25-12-8-6-11(7-9-12)10-15-19-18(21-20-15)22-16(23)13-4-2-3-5-14(13)17(22)24/h6-9,23-24H,2-5,10H2,1H3,(H,19,20,21). The highest BCUT2D eigenvalue weighted by Gasteiger charge is 2.26. The Hall–Kier alpha value is -2.96. The van der Waals surface area contributed by atoms with Crippen LogP contribution in [0, 0.1) is 0 Å². The van der Waals surface area contributed by atoms with Crippen LogP contribution in [0.3, 0.4) is 0 Å². The molecule has 0 amide bonds. The molecule has 4 rings (SSSR count). The molecule has 25 heavy (non-hydrogen) atoms. The maximum atomic E-state index is 10.5. The third-order valence-corrected chi connectivity index (χ3v) is 4.68. The third-order valence-electron chi connectivity index (χ3n) is 4.68. The molecule has 1 aliphatic carbocycles. The molecule has 0 spiro atoms. The quantitative estimate of drug-likeness (QED) is 0.678. The van der Waals surface area contributed by atoms with Gasteiger partial charge in [0.15, 0.2) is 0 Å². The lowest BCUT2D eigenvalue weighted by Gasteiger charge is -2.09. The molecule has 3 N–H and O–H groups in total. The van der Waals surface area contributed by atoms with E-state index < -0.39 is 0 Å². The minimum atomic E-state index is 0.0437. The summed E-state index contributed by atoms with van der Waals surface area (Å²) in [6, 6.07) is 7.71. The predicted molar refractivity (Wildman–Crippen MR) is 91.5 cm³/mol. The van der Waals surface area contributed by atoms with Crippen molar-refractivity contribution in [3.63, 3.8) is 0 Å². The third kappa shape index (κ3) is 2.71. The zero-order valence-electron chi connectivity index (χ0n) is 14.0. The van der Waals surface area contributed by atoms with Crippen LogP contribution in [0.4, 0.5) is 0 Å². The molecular formula is C18H20N4O3. The van der Waals surface area contributed by atoms with Gasteiger partial charge in [-0.2, -0.15) is 4.98 Å². The molecule has 0 radical (unpaired) electrons. The van der Waals surface area contributed by atoms with Crippen LogP contribution in [0.15, 0.2) is 24.3 Å². The zero-order chi connectivity index (χ0) is 17.4. The highest BCUT2D eigenvalue weighted by molar-refractivity contribution is 5.50. The van der Waals surface area contributed by atoms with Crippen LogP contribution in [0.5, 0.6) is 17.5 Å². The van der Waals surface area contributed by atoms with Gasteiger partial charge in [-0.15, -0.1) is 5.10 Å². The Bertz CT molecular complexity index is 866. The number of ether oxygens (including phenoxy) is 1. The van der Waals surface area contributed by atoms with Crippen molar-refractivity contribution >= 4 is 0 Å². The summed E-state index contributed by atoms with van der Waals surface area (Å²) >= 11 is 0. The molecule has 0 saturated heterocycles. The van der Waals surface area contributed by atoms with Crippen molar-refractivity contribution in [2.75, 3.05) is 7.11 Å². The first kappa shape index (κ1) is 15.6. The van der Waals surface area contributed by atoms with Crippen LogP contribution >= 0.6 is 0 Å². The summed E-state index contributed by atoms with van der Waals surface area (Å²) in [4.78, 5) is 4.43. The van der Waals surface area contributed by atoms with Gasteiger partial charge in [0, 0.05) is 17.5 Å². The van der Waals surface area contributed by atoms with E-state index in [4.69, 9.17) is 4.74 Å². The highest BCUT2D eigenvalue weighted by atomic mass is 16.5. The van der Waals surface area contributed by atoms with Gasteiger partial charge in [0.05, 0.1) is 7.11 Å². The van der Waals surface area contributed by atoms with E-state index in [1.165, 1.54) is 4.57 Å². The van der Waals surface area contributed by atoms with E-state index in [0.717, 1.165) is 48.1 Å². The van der Waals surface area contributed by atoms with Crippen LogP contribution in [0.1, 0.15) is 35.4 Å². The second-order valence-corrected chi connectivity index (χ2v) is 6.25. The normalized spacial score (nSPS) is 13.6. The fraction of sp³-hybridized carbons (Fsp3) is 0.333. The lowest BCUT2D eigenvalue weighted by Crippen LogP contribution is -1.98. The van der Waals surface area contributed by atoms with E-state index in [2.05, 4.69) is 15.2 Å². The molecule has 0 saturated carbocycles. The van der Waals surface area contributed by atoms with Crippen LogP contribution in [-0.4, -0.2) is 37.1 Å². The Kier molecular flexibility index (Phi) is 3.83. The van der Waals surface area contributed by atoms with Crippen molar-refractivity contribution in [3.05, 3.63) is 46.8 Å². The largest absolute Gasteiger partial charge is 0.497 e. The Morgan fingerprint density at radius 1 is 1.08 bits per heavy atom. The fourth-order valence-electron chi connectivity index (χ4n) is 3.36. The van der Waals surface area contributed by atoms with Crippen molar-refractivity contribution in [2.24, 2.45) is 0 Å². The number of aromatic hydroxyl groups is 2. The minimum Gasteiger partial charge on any atom is -0.497 e. The summed E-state index contributed by atoms with van der Waals surface area (Å²) in [6.45, 7) is 0. The van der Waals surface area contributed by atoms with Crippen molar-refractivity contribution in [3.8, 4) is 23.5 Å². The van der Waals surface area contributed by atoms with Crippen molar-refractivity contribution in [2.45, 2.75) is 32.1 Å². The van der Waals surface area contributed by atoms with E-state index in [-0.39, 0.29) is 17.7 Å². The van der Waals surface area contributed by atoms with Gasteiger partial charge >= 0.3 is 0 Å². The summed E-state index contributed by atoms with van der Waals surface area (Å²) in [7, 11) is 1.63. The first-order valence-corrected chi connectivity index (χ1v) is 8.36. The molecule has 130 valence electrons. The highest BCUT2D eigenvalue weighted by Crippen LogP contribution is 2.39. The molecule has 0 unspecified atom stereocenters. The predicted octanol–water partition coefficient (Wildman–Crippen LogP) is 2.48. The minimum absolute atomic E-state index is 0.0437. The van der Waals surface area contributed by atoms with E-state index in [1.54, 1.807) is 7.11 Å². The van der Waals surface area contributed by atoms with Crippen LogP contribution in [0.2, 0.25) is 0 Å². The number of H-pyrrole nitrogens is 1. The molecule has 1 aliphatic rings. The first-order chi connectivity index (χ1) is 12.2. The number of nitrogens with one attached hydrogen (secondary N) is 1. The van der Waals surface area contributed by atoms with Crippen LogP contribution < -0.4 is 4.74 Å². The number of rotatable bonds is 4. The van der Waals surface area contributed by atoms with Crippen LogP contribution in [0.25, 0.3) is 5.95 Å². The van der Waals surface area contributed by atoms with Crippen molar-refractivity contribution in [1.82, 2.24) is 19.7 Å². The van der Waals surface area contributed by atoms with E-state index in [9.17, 15) is 10.2 Å². The Labute approximate surface area is 144 Å². The maximum Gasteiger partial charge on any atom is 0.258 e. The molecule has 1 aromatic carbocycles. The number of hydrogen-bond donors (Lipinski definition) is 3. The number of fused-ring (bicyclic) bond motifs is 1. The molecule has 0 bridgehead atoms. The average molecular weight is 340 g/mol. The van der Waals surface area contributed by atoms with Gasteiger partial charge in [-0.3, -0.25) is 5.10 Å². The number of hydrogen-bond acceptors (Lipinski definition) is 5. The summed E-state index contributed by atoms with van der Waals surface area (Å²) in [6.07, 6.45) is 4.14. The molecular weight excluding hydrogens is 320 g/mol. The van der Waals surface area contributed by atoms with Gasteiger partial charge in [0.2, 0.25) is 11.8 Å². The molecule has 7 nitrogen and oxygen atoms in total. The second-order valence-electron chi connectivity index (χ2n) is 6.25. The second kappa shape index (κ2) is 6.16. The van der Waals surface area contributed by atoms with Gasteiger partial charge in [0.1, 0.15) is 11.6 Å². The Morgan fingerprint density at radius 3 is 2.32 bits per heavy atom. The molecule has 0 fully saturated rings. The smallest absolute Gasteiger partial charge is 0.258 e. The molecule has 7 heteroatoms. The number of aromatic amines is 1. The molecule has 0 aliphatic heterocycles. The summed E-state index contributed by atoms with van der Waals surface area (Å²) in [5.41, 5.74) is 2.68. The number of methoxy groups -OCH3 is 1. The molecule has 0 atom stereocenters. The lowest BCUT2D eigenvalue weighted by molar-refractivity contribution is 0.396. The number of aromatic nitrogens is 4. The summed E-state index contributed by atoms with van der Waals surface area (Å²) in [5.74, 6) is 1.80. The van der Waals surface area contributed by atoms with Gasteiger partial charge in [-0.05, 0) is 43.4 Å². The zero-order valence-corrected chi connectivity index (χ0v) is 14.0. The number of benzene rings is 1. The van der Waals surface area contributed by atoms with Gasteiger partial charge in [0.25, 0.3) is 5.95 Å². The molecule has 2 aromatic heterocycles. The maximum absolute atomic E-state index is 10.5. The lowest BCUT2D eigenvalue weighted by atomic mass is 9.95. The Morgan fingerprint density at radius 2 is 1.72 bits per heavy atom. The monoisotopic (exact) mass is 340 g/mol. The Balaban J connectivity index is 1.62. The van der Waals surface area contributed by atoms with E-state index in [0.29, 0.717) is 12.2 Å². The number of nitrogens with zero attached hydrogens (tertiary/aromatic N) is 3. The molecule has 2 heterocycles. The first-order valence-electron chi connectivity index (χ1n) is 8.36. The summed E-state index contributed by atoms with van der Waals surface area (Å²) in [5, 5.41) is 28.0.